The second kappa shape index (κ2) is 19.9. The smallest absolute Gasteiger partial charge is 0.545 e. The fraction of sp³-hybridized carbons (Fsp3) is 0. The van der Waals surface area contributed by atoms with Gasteiger partial charge >= 0.3 is 51.2 Å². The minimum atomic E-state index is -1.68. The van der Waals surface area contributed by atoms with Crippen LogP contribution in [0.1, 0.15) is 62.1 Å². The fourth-order valence-corrected chi connectivity index (χ4v) is 1.96. The van der Waals surface area contributed by atoms with Crippen molar-refractivity contribution >= 4 is 35.8 Å². The van der Waals surface area contributed by atoms with Gasteiger partial charge < -0.3 is 75.8 Å². The van der Waals surface area contributed by atoms with E-state index in [-0.39, 0.29) is 67.6 Å². The van der Waals surface area contributed by atoms with Crippen LogP contribution in [0.15, 0.2) is 36.4 Å². The van der Waals surface area contributed by atoms with Crippen LogP contribution in [-0.2, 0) is 51.2 Å². The summed E-state index contributed by atoms with van der Waals surface area (Å²) in [4.78, 5) is 62.5. The molecule has 0 aliphatic carbocycles. The van der Waals surface area contributed by atoms with Gasteiger partial charge in [-0.2, -0.15) is 0 Å². The summed E-state index contributed by atoms with van der Waals surface area (Å²) < 4.78 is 0. The topological polar surface area (TPSA) is 335 Å². The van der Waals surface area contributed by atoms with Crippen molar-refractivity contribution in [3.8, 4) is 0 Å². The van der Waals surface area contributed by atoms with Gasteiger partial charge in [0.2, 0.25) is 0 Å². The van der Waals surface area contributed by atoms with Gasteiger partial charge in [-0.1, -0.05) is 0 Å². The molecule has 207 valence electrons. The molecule has 0 spiro atoms. The molecule has 0 bridgehead atoms. The normalized spacial score (nSPS) is 8.00. The molecule has 0 aliphatic heterocycles. The predicted octanol–water partition coefficient (Wildman–Crippen LogP) is -8.93. The third-order valence-electron chi connectivity index (χ3n) is 3.28. The first-order valence-electron chi connectivity index (χ1n) is 7.41. The summed E-state index contributed by atoms with van der Waals surface area (Å²) in [5, 5.41) is 62.5. The Morgan fingerprint density at radius 2 is 0.417 bits per heavy atom. The summed E-state index contributed by atoms with van der Waals surface area (Å²) in [6.45, 7) is 0. The van der Waals surface area contributed by atoms with Crippen LogP contribution in [-0.4, -0.2) is 52.2 Å². The first-order chi connectivity index (χ1) is 13.8. The van der Waals surface area contributed by atoms with Crippen LogP contribution < -0.4 is 30.6 Å². The van der Waals surface area contributed by atoms with E-state index in [4.69, 9.17) is 0 Å². The second-order valence-corrected chi connectivity index (χ2v) is 5.32. The average molecular weight is 659 g/mol. The number of benzene rings is 2. The van der Waals surface area contributed by atoms with Crippen molar-refractivity contribution in [1.29, 1.82) is 0 Å². The van der Waals surface area contributed by atoms with Crippen LogP contribution >= 0.6 is 0 Å². The van der Waals surface area contributed by atoms with E-state index in [1.165, 1.54) is 0 Å². The number of carboxylic acids is 6. The number of carbonyl (C=O) groups is 6. The molecule has 0 fully saturated rings. The van der Waals surface area contributed by atoms with Crippen molar-refractivity contribution in [1.82, 2.24) is 0 Å². The molecular weight excluding hydrogens is 647 g/mol. The fourth-order valence-electron chi connectivity index (χ4n) is 1.96. The number of carboxylic acid groups (broad SMARTS) is 6. The Hall–Kier alpha value is -3.30. The van der Waals surface area contributed by atoms with Gasteiger partial charge in [-0.25, -0.2) is 0 Å². The number of carbonyl (C=O) groups excluding carboxylic acids is 6. The Labute approximate surface area is 232 Å². The molecule has 15 nitrogen and oxygen atoms in total. The van der Waals surface area contributed by atoms with E-state index >= 15 is 0 Å². The Bertz CT molecular complexity index is 842. The van der Waals surface area contributed by atoms with Crippen LogP contribution in [0.25, 0.3) is 0 Å². The third kappa shape index (κ3) is 13.6. The maximum Gasteiger partial charge on any atom is 2.00 e. The SMILES string of the molecule is O.O.O.O=C([O-])c1cc(C(=O)[O-])cc(C(=O)[O-])c1.O=C([O-])c1cc(C(=O)[O-])cc(C(=O)[O-])c1.[Cu+2].[Cu+2].[Cu+2]. The van der Waals surface area contributed by atoms with Crippen molar-refractivity contribution in [2.24, 2.45) is 0 Å². The van der Waals surface area contributed by atoms with Gasteiger partial charge in [0.15, 0.2) is 0 Å². The van der Waals surface area contributed by atoms with Crippen molar-refractivity contribution in [2.75, 3.05) is 0 Å². The average Bonchev–Trinajstić information content (AvgIpc) is 2.67. The summed E-state index contributed by atoms with van der Waals surface area (Å²) in [7, 11) is 0. The van der Waals surface area contributed by atoms with E-state index in [0.29, 0.717) is 0 Å². The van der Waals surface area contributed by atoms with Crippen LogP contribution in [0.4, 0.5) is 0 Å². The molecular formula is C18H12Cu3O15. The van der Waals surface area contributed by atoms with Gasteiger partial charge in [0, 0.05) is 0 Å². The number of hydrogen-bond donors (Lipinski definition) is 0. The molecule has 2 aromatic rings. The molecule has 0 amide bonds. The summed E-state index contributed by atoms with van der Waals surface area (Å²) in [5.41, 5.74) is -3.36. The van der Waals surface area contributed by atoms with E-state index in [0.717, 1.165) is 36.4 Å². The monoisotopic (exact) mass is 657 g/mol. The zero-order valence-electron chi connectivity index (χ0n) is 16.8. The van der Waals surface area contributed by atoms with E-state index in [9.17, 15) is 59.4 Å². The molecule has 0 unspecified atom stereocenters. The summed E-state index contributed by atoms with van der Waals surface area (Å²) in [6, 6.07) is 4.48. The third-order valence-corrected chi connectivity index (χ3v) is 3.28. The molecule has 0 atom stereocenters. The minimum absolute atomic E-state index is 0. The Morgan fingerprint density at radius 1 is 0.333 bits per heavy atom. The molecule has 6 N–H and O–H groups in total. The minimum Gasteiger partial charge on any atom is -0.545 e. The van der Waals surface area contributed by atoms with Crippen LogP contribution in [0.2, 0.25) is 0 Å². The molecule has 2 rings (SSSR count). The maximum absolute atomic E-state index is 10.4. The Kier molecular flexibility index (Phi) is 25.5. The van der Waals surface area contributed by atoms with E-state index < -0.39 is 69.2 Å². The van der Waals surface area contributed by atoms with Gasteiger partial charge in [0.1, 0.15) is 0 Å². The van der Waals surface area contributed by atoms with Crippen molar-refractivity contribution in [3.05, 3.63) is 69.8 Å². The molecule has 0 saturated heterocycles. The van der Waals surface area contributed by atoms with Crippen molar-refractivity contribution in [2.45, 2.75) is 0 Å². The van der Waals surface area contributed by atoms with Gasteiger partial charge in [-0.3, -0.25) is 0 Å². The van der Waals surface area contributed by atoms with Crippen LogP contribution in [0, 0.1) is 0 Å². The van der Waals surface area contributed by atoms with Gasteiger partial charge in [0.25, 0.3) is 0 Å². The van der Waals surface area contributed by atoms with Crippen molar-refractivity contribution in [3.63, 3.8) is 0 Å². The zero-order chi connectivity index (χ0) is 23.2. The summed E-state index contributed by atoms with van der Waals surface area (Å²) in [5.74, 6) is -10.1. The van der Waals surface area contributed by atoms with E-state index in [2.05, 4.69) is 0 Å². The standard InChI is InChI=1S/2C9H6O6.3Cu.3H2O/c2*10-7(11)4-1-5(8(12)13)3-6(2-4)9(14)15;;;;;;/h2*1-3H,(H,10,11)(H,12,13)(H,14,15);;;;3*1H2/q;;3*+2;;;/p-6. The summed E-state index contributed by atoms with van der Waals surface area (Å²) >= 11 is 0. The van der Waals surface area contributed by atoms with Gasteiger partial charge in [-0.05, 0) is 69.8 Å². The predicted molar refractivity (Wildman–Crippen MR) is 89.7 cm³/mol. The molecule has 0 aromatic heterocycles. The number of aromatic carboxylic acids is 6. The molecule has 18 heteroatoms. The van der Waals surface area contributed by atoms with E-state index in [1.54, 1.807) is 0 Å². The van der Waals surface area contributed by atoms with Gasteiger partial charge in [-0.15, -0.1) is 0 Å². The molecule has 3 radical (unpaired) electrons. The molecule has 0 heterocycles. The zero-order valence-corrected chi connectivity index (χ0v) is 19.6. The van der Waals surface area contributed by atoms with Crippen LogP contribution in [0.5, 0.6) is 0 Å². The molecule has 0 saturated carbocycles. The van der Waals surface area contributed by atoms with Crippen molar-refractivity contribution < 1.29 is 127 Å². The second-order valence-electron chi connectivity index (χ2n) is 5.32. The molecule has 2 aromatic carbocycles. The van der Waals surface area contributed by atoms with Crippen LogP contribution in [0.3, 0.4) is 0 Å². The Morgan fingerprint density at radius 3 is 0.472 bits per heavy atom. The largest absolute Gasteiger partial charge is 2.00 e. The summed E-state index contributed by atoms with van der Waals surface area (Å²) in [6.07, 6.45) is 0. The first kappa shape index (κ1) is 46.1. The Balaban J connectivity index is -0.000000107. The number of hydrogen-bond acceptors (Lipinski definition) is 12. The molecule has 0 aliphatic rings. The van der Waals surface area contributed by atoms with Gasteiger partial charge in [0.05, 0.1) is 35.8 Å². The first-order valence-corrected chi connectivity index (χ1v) is 7.41. The molecule has 36 heavy (non-hydrogen) atoms. The van der Waals surface area contributed by atoms with E-state index in [1.807, 2.05) is 0 Å². The maximum atomic E-state index is 10.4. The number of rotatable bonds is 6. The quantitative estimate of drug-likeness (QED) is 0.261.